The standard InChI is InChI=1S/C5H10N.C4H8N.Y/c1-6-4-2-3-5-6;1-2-4-5-3-1;/h2H,3-5H2,1H3;1,5H,2-4H2;/q2*-1;. The Morgan fingerprint density at radius 3 is 2.25 bits per heavy atom. The fourth-order valence-electron chi connectivity index (χ4n) is 1.22. The zero-order chi connectivity index (χ0) is 7.94. The van der Waals surface area contributed by atoms with Crippen molar-refractivity contribution in [3.05, 3.63) is 12.8 Å². The van der Waals surface area contributed by atoms with Gasteiger partial charge < -0.3 is 23.1 Å². The van der Waals surface area contributed by atoms with Gasteiger partial charge in [0.2, 0.25) is 0 Å². The summed E-state index contributed by atoms with van der Waals surface area (Å²) in [5.41, 5.74) is 0. The van der Waals surface area contributed by atoms with Crippen molar-refractivity contribution in [2.45, 2.75) is 12.8 Å². The van der Waals surface area contributed by atoms with E-state index in [0.29, 0.717) is 0 Å². The van der Waals surface area contributed by atoms with Gasteiger partial charge in [-0.1, -0.05) is 0 Å². The van der Waals surface area contributed by atoms with E-state index in [1.807, 2.05) is 0 Å². The van der Waals surface area contributed by atoms with Crippen LogP contribution in [0.1, 0.15) is 12.8 Å². The van der Waals surface area contributed by atoms with Crippen LogP contribution in [0, 0.1) is 12.8 Å². The van der Waals surface area contributed by atoms with Gasteiger partial charge in [-0.25, -0.2) is 0 Å². The molecule has 0 amide bonds. The van der Waals surface area contributed by atoms with Crippen molar-refractivity contribution in [3.8, 4) is 0 Å². The summed E-state index contributed by atoms with van der Waals surface area (Å²) in [6, 6.07) is 0. The van der Waals surface area contributed by atoms with Crippen molar-refractivity contribution in [1.82, 2.24) is 10.2 Å². The van der Waals surface area contributed by atoms with E-state index in [2.05, 4.69) is 30.1 Å². The average molecular weight is 243 g/mol. The number of nitrogens with one attached hydrogen (secondary N) is 1. The number of hydrogen-bond donors (Lipinski definition) is 1. The molecule has 12 heavy (non-hydrogen) atoms. The van der Waals surface area contributed by atoms with Gasteiger partial charge in [0.05, 0.1) is 0 Å². The molecule has 0 saturated carbocycles. The normalized spacial score (nSPS) is 22.8. The molecule has 0 unspecified atom stereocenters. The number of likely N-dealkylation sites (tertiary alicyclic amines) is 1. The van der Waals surface area contributed by atoms with Crippen LogP contribution in [-0.4, -0.2) is 38.1 Å². The van der Waals surface area contributed by atoms with Gasteiger partial charge in [-0.05, 0) is 20.1 Å². The Labute approximate surface area is 101 Å². The van der Waals surface area contributed by atoms with Gasteiger partial charge in [0.15, 0.2) is 0 Å². The third kappa shape index (κ3) is 6.53. The van der Waals surface area contributed by atoms with E-state index in [0.717, 1.165) is 6.54 Å². The van der Waals surface area contributed by atoms with Gasteiger partial charge in [-0.15, -0.1) is 13.1 Å². The van der Waals surface area contributed by atoms with E-state index >= 15 is 0 Å². The molecule has 1 N–H and O–H groups in total. The van der Waals surface area contributed by atoms with Crippen LogP contribution < -0.4 is 5.32 Å². The zero-order valence-electron chi connectivity index (χ0n) is 7.92. The SMILES string of the molecule is CN1C[CH-]CC1.[CH-]1CCNC1.[Y]. The first kappa shape index (κ1) is 13.0. The van der Waals surface area contributed by atoms with Crippen LogP contribution in [0.4, 0.5) is 0 Å². The third-order valence-electron chi connectivity index (χ3n) is 1.97. The Kier molecular flexibility index (Phi) is 9.35. The molecule has 2 aliphatic heterocycles. The van der Waals surface area contributed by atoms with Crippen LogP contribution in [-0.2, 0) is 32.7 Å². The number of rotatable bonds is 0. The average Bonchev–Trinajstić information content (AvgIpc) is 2.57. The van der Waals surface area contributed by atoms with Crippen molar-refractivity contribution < 1.29 is 32.7 Å². The predicted molar refractivity (Wildman–Crippen MR) is 48.2 cm³/mol. The molecule has 0 aromatic heterocycles. The smallest absolute Gasteiger partial charge is 0 e. The monoisotopic (exact) mass is 243 g/mol. The topological polar surface area (TPSA) is 15.3 Å². The zero-order valence-corrected chi connectivity index (χ0v) is 10.8. The second-order valence-electron chi connectivity index (χ2n) is 3.12. The molecular weight excluding hydrogens is 225 g/mol. The summed E-state index contributed by atoms with van der Waals surface area (Å²) in [6.45, 7) is 4.78. The van der Waals surface area contributed by atoms with Crippen molar-refractivity contribution in [3.63, 3.8) is 0 Å². The summed E-state index contributed by atoms with van der Waals surface area (Å²) >= 11 is 0. The Hall–Kier alpha value is 1.02. The minimum atomic E-state index is 0. The first-order valence-electron chi connectivity index (χ1n) is 4.42. The van der Waals surface area contributed by atoms with Gasteiger partial charge >= 0.3 is 0 Å². The summed E-state index contributed by atoms with van der Waals surface area (Å²) in [6.07, 6.45) is 7.11. The van der Waals surface area contributed by atoms with E-state index in [-0.39, 0.29) is 32.7 Å². The molecule has 2 heterocycles. The molecule has 2 nitrogen and oxygen atoms in total. The molecule has 2 fully saturated rings. The van der Waals surface area contributed by atoms with Crippen LogP contribution in [0.2, 0.25) is 0 Å². The molecule has 0 bridgehead atoms. The number of nitrogens with zero attached hydrogens (tertiary/aromatic N) is 1. The second kappa shape index (κ2) is 8.61. The van der Waals surface area contributed by atoms with Crippen LogP contribution >= 0.6 is 0 Å². The van der Waals surface area contributed by atoms with Crippen LogP contribution in [0.25, 0.3) is 0 Å². The van der Waals surface area contributed by atoms with E-state index in [9.17, 15) is 0 Å². The fourth-order valence-corrected chi connectivity index (χ4v) is 1.22. The Balaban J connectivity index is 0.000000189. The molecule has 0 spiro atoms. The van der Waals surface area contributed by atoms with Crippen molar-refractivity contribution in [2.75, 3.05) is 33.2 Å². The molecule has 2 rings (SSSR count). The maximum atomic E-state index is 3.17. The van der Waals surface area contributed by atoms with E-state index in [4.69, 9.17) is 0 Å². The molecule has 69 valence electrons. The summed E-state index contributed by atoms with van der Waals surface area (Å²) in [4.78, 5) is 2.31. The third-order valence-corrected chi connectivity index (χ3v) is 1.97. The molecule has 0 aromatic rings. The maximum absolute atomic E-state index is 3.17. The first-order valence-corrected chi connectivity index (χ1v) is 4.42. The minimum Gasteiger partial charge on any atom is -0.349 e. The Morgan fingerprint density at radius 1 is 1.25 bits per heavy atom. The molecule has 2 aliphatic rings. The molecule has 1 radical (unpaired) electrons. The molecular formula is C9H18N2Y-2. The largest absolute Gasteiger partial charge is 0.349 e. The summed E-state index contributed by atoms with van der Waals surface area (Å²) in [5.74, 6) is 0. The second-order valence-corrected chi connectivity index (χ2v) is 3.12. The Morgan fingerprint density at radius 2 is 2.08 bits per heavy atom. The summed E-state index contributed by atoms with van der Waals surface area (Å²) in [5, 5.41) is 3.17. The van der Waals surface area contributed by atoms with Crippen LogP contribution in [0.5, 0.6) is 0 Å². The van der Waals surface area contributed by atoms with Crippen molar-refractivity contribution in [1.29, 1.82) is 0 Å². The molecule has 0 atom stereocenters. The van der Waals surface area contributed by atoms with Gasteiger partial charge in [-0.2, -0.15) is 12.8 Å². The minimum absolute atomic E-state index is 0. The van der Waals surface area contributed by atoms with Crippen LogP contribution in [0.3, 0.4) is 0 Å². The molecule has 2 saturated heterocycles. The van der Waals surface area contributed by atoms with E-state index in [1.54, 1.807) is 0 Å². The first-order chi connectivity index (χ1) is 5.39. The summed E-state index contributed by atoms with van der Waals surface area (Å²) < 4.78 is 0. The molecule has 0 aliphatic carbocycles. The fraction of sp³-hybridized carbons (Fsp3) is 0.778. The van der Waals surface area contributed by atoms with Gasteiger partial charge in [0.1, 0.15) is 0 Å². The Bertz CT molecular complexity index is 80.9. The van der Waals surface area contributed by atoms with Gasteiger partial charge in [-0.3, -0.25) is 0 Å². The molecule has 3 heteroatoms. The van der Waals surface area contributed by atoms with Gasteiger partial charge in [0, 0.05) is 32.7 Å². The van der Waals surface area contributed by atoms with Crippen LogP contribution in [0.15, 0.2) is 0 Å². The predicted octanol–water partition coefficient (Wildman–Crippen LogP) is 0.708. The number of hydrogen-bond acceptors (Lipinski definition) is 2. The van der Waals surface area contributed by atoms with E-state index in [1.165, 1.54) is 32.5 Å². The van der Waals surface area contributed by atoms with E-state index < -0.39 is 0 Å². The van der Waals surface area contributed by atoms with Crippen molar-refractivity contribution >= 4 is 0 Å². The quantitative estimate of drug-likeness (QED) is 0.630. The van der Waals surface area contributed by atoms with Crippen molar-refractivity contribution in [2.24, 2.45) is 0 Å². The maximum Gasteiger partial charge on any atom is 0 e. The summed E-state index contributed by atoms with van der Waals surface area (Å²) in [7, 11) is 2.14. The molecule has 0 aromatic carbocycles. The van der Waals surface area contributed by atoms with Gasteiger partial charge in [0.25, 0.3) is 0 Å².